The Labute approximate surface area is 146 Å². The van der Waals surface area contributed by atoms with Gasteiger partial charge in [-0.15, -0.1) is 0 Å². The number of benzene rings is 1. The zero-order valence-electron chi connectivity index (χ0n) is 13.9. The minimum absolute atomic E-state index is 0.0170. The molecule has 0 radical (unpaired) electrons. The molecule has 1 aliphatic rings. The zero-order chi connectivity index (χ0) is 18.1. The van der Waals surface area contributed by atoms with Crippen molar-refractivity contribution in [1.82, 2.24) is 14.1 Å². The van der Waals surface area contributed by atoms with E-state index in [1.807, 2.05) is 11.8 Å². The average molecular weight is 378 g/mol. The summed E-state index contributed by atoms with van der Waals surface area (Å²) in [5.74, 6) is -0.673. The van der Waals surface area contributed by atoms with Crippen molar-refractivity contribution in [1.29, 1.82) is 0 Å². The molecule has 1 heterocycles. The fraction of sp³-hybridized carbons (Fsp3) is 0.533. The van der Waals surface area contributed by atoms with Crippen LogP contribution in [0.25, 0.3) is 0 Å². The van der Waals surface area contributed by atoms with Gasteiger partial charge in [-0.2, -0.15) is 4.31 Å². The van der Waals surface area contributed by atoms with Crippen molar-refractivity contribution in [3.8, 4) is 0 Å². The Morgan fingerprint density at radius 3 is 2.33 bits per heavy atom. The number of hydrogen-bond donors (Lipinski definition) is 0. The van der Waals surface area contributed by atoms with E-state index in [-0.39, 0.29) is 35.0 Å². The third-order valence-electron chi connectivity index (χ3n) is 4.15. The molecule has 1 saturated heterocycles. The SMILES string of the molecule is C[C@H](C(=O)N(C)C)N1CCN(S(=O)(=O)c2ccc(F)c(Cl)c2)CC1. The number of halogens is 2. The smallest absolute Gasteiger partial charge is 0.243 e. The molecule has 0 saturated carbocycles. The Bertz CT molecular complexity index is 719. The fourth-order valence-electron chi connectivity index (χ4n) is 2.65. The summed E-state index contributed by atoms with van der Waals surface area (Å²) in [7, 11) is -0.342. The van der Waals surface area contributed by atoms with Crippen molar-refractivity contribution >= 4 is 27.5 Å². The van der Waals surface area contributed by atoms with E-state index in [0.717, 1.165) is 12.1 Å². The molecule has 134 valence electrons. The number of amides is 1. The predicted octanol–water partition coefficient (Wildman–Crippen LogP) is 1.26. The Hall–Kier alpha value is -1.22. The molecular weight excluding hydrogens is 357 g/mol. The highest BCUT2D eigenvalue weighted by Gasteiger charge is 2.32. The molecule has 0 spiro atoms. The molecule has 9 heteroatoms. The standard InChI is InChI=1S/C15H21ClFN3O3S/c1-11(15(21)18(2)3)19-6-8-20(9-7-19)24(22,23)12-4-5-14(17)13(16)10-12/h4-5,10-11H,6-9H2,1-3H3/t11-/m1/s1. The lowest BCUT2D eigenvalue weighted by Crippen LogP contribution is -2.54. The molecule has 1 aromatic rings. The van der Waals surface area contributed by atoms with Crippen LogP contribution in [0.1, 0.15) is 6.92 Å². The van der Waals surface area contributed by atoms with Gasteiger partial charge in [0.1, 0.15) is 5.82 Å². The molecule has 1 aromatic carbocycles. The third-order valence-corrected chi connectivity index (χ3v) is 6.33. The summed E-state index contributed by atoms with van der Waals surface area (Å²) < 4.78 is 39.8. The molecule has 6 nitrogen and oxygen atoms in total. The summed E-state index contributed by atoms with van der Waals surface area (Å²) in [6, 6.07) is 3.08. The van der Waals surface area contributed by atoms with E-state index < -0.39 is 15.8 Å². The molecule has 0 unspecified atom stereocenters. The van der Waals surface area contributed by atoms with Crippen LogP contribution in [0.3, 0.4) is 0 Å². The van der Waals surface area contributed by atoms with Crippen molar-refractivity contribution < 1.29 is 17.6 Å². The first kappa shape index (κ1) is 19.1. The summed E-state index contributed by atoms with van der Waals surface area (Å²) in [6.45, 7) is 3.25. The molecule has 1 atom stereocenters. The van der Waals surface area contributed by atoms with E-state index in [2.05, 4.69) is 0 Å². The Kier molecular flexibility index (Phi) is 5.85. The van der Waals surface area contributed by atoms with Gasteiger partial charge in [0.05, 0.1) is 16.0 Å². The lowest BCUT2D eigenvalue weighted by atomic mass is 10.2. The molecule has 0 aromatic heterocycles. The maximum Gasteiger partial charge on any atom is 0.243 e. The second-order valence-electron chi connectivity index (χ2n) is 5.92. The molecule has 0 bridgehead atoms. The van der Waals surface area contributed by atoms with Gasteiger partial charge in [-0.3, -0.25) is 9.69 Å². The van der Waals surface area contributed by atoms with Crippen molar-refractivity contribution in [2.45, 2.75) is 17.9 Å². The van der Waals surface area contributed by atoms with E-state index in [9.17, 15) is 17.6 Å². The highest BCUT2D eigenvalue weighted by atomic mass is 35.5. The summed E-state index contributed by atoms with van der Waals surface area (Å²) >= 11 is 5.68. The van der Waals surface area contributed by atoms with Crippen molar-refractivity contribution in [3.05, 3.63) is 29.0 Å². The normalized spacial score (nSPS) is 18.4. The van der Waals surface area contributed by atoms with Crippen LogP contribution in [0.2, 0.25) is 5.02 Å². The van der Waals surface area contributed by atoms with Crippen molar-refractivity contribution in [3.63, 3.8) is 0 Å². The van der Waals surface area contributed by atoms with E-state index >= 15 is 0 Å². The molecular formula is C15H21ClFN3O3S. The number of likely N-dealkylation sites (N-methyl/N-ethyl adjacent to an activating group) is 1. The van der Waals surface area contributed by atoms with Gasteiger partial charge in [-0.25, -0.2) is 12.8 Å². The summed E-state index contributed by atoms with van der Waals surface area (Å²) in [4.78, 5) is 15.5. The van der Waals surface area contributed by atoms with Gasteiger partial charge < -0.3 is 4.90 Å². The molecule has 24 heavy (non-hydrogen) atoms. The molecule has 1 fully saturated rings. The van der Waals surface area contributed by atoms with Gasteiger partial charge in [0.15, 0.2) is 0 Å². The van der Waals surface area contributed by atoms with Crippen LogP contribution >= 0.6 is 11.6 Å². The van der Waals surface area contributed by atoms with Crippen molar-refractivity contribution in [2.75, 3.05) is 40.3 Å². The number of rotatable bonds is 4. The molecule has 0 N–H and O–H groups in total. The number of piperazine rings is 1. The second-order valence-corrected chi connectivity index (χ2v) is 8.27. The van der Waals surface area contributed by atoms with Gasteiger partial charge in [-0.1, -0.05) is 11.6 Å². The minimum atomic E-state index is -3.73. The average Bonchev–Trinajstić information content (AvgIpc) is 2.55. The van der Waals surface area contributed by atoms with Crippen LogP contribution in [0.15, 0.2) is 23.1 Å². The molecule has 1 amide bonds. The highest BCUT2D eigenvalue weighted by molar-refractivity contribution is 7.89. The monoisotopic (exact) mass is 377 g/mol. The van der Waals surface area contributed by atoms with Gasteiger partial charge >= 0.3 is 0 Å². The predicted molar refractivity (Wildman–Crippen MR) is 89.9 cm³/mol. The minimum Gasteiger partial charge on any atom is -0.347 e. The fourth-order valence-corrected chi connectivity index (χ4v) is 4.34. The zero-order valence-corrected chi connectivity index (χ0v) is 15.4. The lowest BCUT2D eigenvalue weighted by molar-refractivity contribution is -0.134. The maximum atomic E-state index is 13.2. The quantitative estimate of drug-likeness (QED) is 0.792. The van der Waals surface area contributed by atoms with Gasteiger partial charge in [0.2, 0.25) is 15.9 Å². The van der Waals surface area contributed by atoms with Crippen LogP contribution in [-0.4, -0.2) is 74.7 Å². The third kappa shape index (κ3) is 3.88. The van der Waals surface area contributed by atoms with Crippen LogP contribution in [0, 0.1) is 5.82 Å². The number of nitrogens with zero attached hydrogens (tertiary/aromatic N) is 3. The van der Waals surface area contributed by atoms with Crippen LogP contribution in [0.4, 0.5) is 4.39 Å². The Morgan fingerprint density at radius 1 is 1.25 bits per heavy atom. The number of hydrogen-bond acceptors (Lipinski definition) is 4. The van der Waals surface area contributed by atoms with Gasteiger partial charge in [0, 0.05) is 40.3 Å². The largest absolute Gasteiger partial charge is 0.347 e. The molecule has 0 aliphatic carbocycles. The highest BCUT2D eigenvalue weighted by Crippen LogP contribution is 2.23. The number of sulfonamides is 1. The first-order valence-corrected chi connectivity index (χ1v) is 9.37. The first-order chi connectivity index (χ1) is 11.1. The second kappa shape index (κ2) is 7.35. The van der Waals surface area contributed by atoms with E-state index in [1.165, 1.54) is 15.3 Å². The summed E-state index contributed by atoms with van der Waals surface area (Å²) in [5, 5.41) is -0.222. The topological polar surface area (TPSA) is 60.9 Å². The Morgan fingerprint density at radius 2 is 1.83 bits per heavy atom. The lowest BCUT2D eigenvalue weighted by Gasteiger charge is -2.37. The van der Waals surface area contributed by atoms with Gasteiger partial charge in [0.25, 0.3) is 0 Å². The van der Waals surface area contributed by atoms with Crippen LogP contribution in [-0.2, 0) is 14.8 Å². The summed E-state index contributed by atoms with van der Waals surface area (Å²) in [5.41, 5.74) is 0. The van der Waals surface area contributed by atoms with Crippen LogP contribution < -0.4 is 0 Å². The molecule has 1 aliphatic heterocycles. The number of carbonyl (C=O) groups excluding carboxylic acids is 1. The molecule has 2 rings (SSSR count). The Balaban J connectivity index is 2.08. The maximum absolute atomic E-state index is 13.2. The van der Waals surface area contributed by atoms with Crippen LogP contribution in [0.5, 0.6) is 0 Å². The number of carbonyl (C=O) groups is 1. The van der Waals surface area contributed by atoms with E-state index in [1.54, 1.807) is 14.1 Å². The van der Waals surface area contributed by atoms with Crippen molar-refractivity contribution in [2.24, 2.45) is 0 Å². The van der Waals surface area contributed by atoms with E-state index in [4.69, 9.17) is 11.6 Å². The van der Waals surface area contributed by atoms with Gasteiger partial charge in [-0.05, 0) is 25.1 Å². The van der Waals surface area contributed by atoms with E-state index in [0.29, 0.717) is 13.1 Å². The summed E-state index contributed by atoms with van der Waals surface area (Å²) in [6.07, 6.45) is 0. The first-order valence-electron chi connectivity index (χ1n) is 7.55.